The highest BCUT2D eigenvalue weighted by atomic mass is 16.5. The zero-order chi connectivity index (χ0) is 17.6. The minimum atomic E-state index is 0.101. The van der Waals surface area contributed by atoms with E-state index in [0.29, 0.717) is 39.3 Å². The van der Waals surface area contributed by atoms with Crippen molar-refractivity contribution in [2.24, 2.45) is 7.05 Å². The van der Waals surface area contributed by atoms with Gasteiger partial charge < -0.3 is 14.4 Å². The fourth-order valence-corrected chi connectivity index (χ4v) is 3.15. The molecule has 0 radical (unpaired) electrons. The highest BCUT2D eigenvalue weighted by Gasteiger charge is 2.30. The van der Waals surface area contributed by atoms with Crippen molar-refractivity contribution in [1.29, 1.82) is 0 Å². The van der Waals surface area contributed by atoms with E-state index in [1.807, 2.05) is 60.1 Å². The van der Waals surface area contributed by atoms with Gasteiger partial charge >= 0.3 is 0 Å². The van der Waals surface area contributed by atoms with E-state index in [9.17, 15) is 4.79 Å². The lowest BCUT2D eigenvalue weighted by Gasteiger charge is -2.33. The zero-order valence-electron chi connectivity index (χ0n) is 14.9. The average molecular weight is 343 g/mol. The SMILES string of the molecule is CCOC[C@@H]1CN(C(=O)CCOc2ccccc2)Cc2c1cnn2C. The number of fused-ring (bicyclic) bond motifs is 1. The maximum Gasteiger partial charge on any atom is 0.226 e. The van der Waals surface area contributed by atoms with Crippen molar-refractivity contribution in [2.75, 3.05) is 26.4 Å². The molecule has 6 heteroatoms. The van der Waals surface area contributed by atoms with Gasteiger partial charge in [0.15, 0.2) is 0 Å². The average Bonchev–Trinajstić information content (AvgIpc) is 3.01. The van der Waals surface area contributed by atoms with Gasteiger partial charge in [-0.1, -0.05) is 18.2 Å². The third-order valence-corrected chi connectivity index (χ3v) is 4.52. The number of carbonyl (C=O) groups excluding carboxylic acids is 1. The van der Waals surface area contributed by atoms with E-state index < -0.39 is 0 Å². The van der Waals surface area contributed by atoms with E-state index in [1.165, 1.54) is 5.56 Å². The predicted molar refractivity (Wildman–Crippen MR) is 94.4 cm³/mol. The lowest BCUT2D eigenvalue weighted by molar-refractivity contribution is -0.133. The van der Waals surface area contributed by atoms with Crippen molar-refractivity contribution in [3.63, 3.8) is 0 Å². The Labute approximate surface area is 148 Å². The van der Waals surface area contributed by atoms with Crippen LogP contribution in [0.5, 0.6) is 5.75 Å². The minimum absolute atomic E-state index is 0.101. The Morgan fingerprint density at radius 3 is 2.88 bits per heavy atom. The van der Waals surface area contributed by atoms with Crippen molar-refractivity contribution < 1.29 is 14.3 Å². The molecular formula is C19H25N3O3. The molecule has 3 rings (SSSR count). The number of hydrogen-bond acceptors (Lipinski definition) is 4. The smallest absolute Gasteiger partial charge is 0.226 e. The predicted octanol–water partition coefficient (Wildman–Crippen LogP) is 2.35. The molecule has 2 heterocycles. The topological polar surface area (TPSA) is 56.6 Å². The molecule has 6 nitrogen and oxygen atoms in total. The second kappa shape index (κ2) is 8.16. The summed E-state index contributed by atoms with van der Waals surface area (Å²) in [5, 5.41) is 4.35. The van der Waals surface area contributed by atoms with Crippen LogP contribution < -0.4 is 4.74 Å². The number of aromatic nitrogens is 2. The Morgan fingerprint density at radius 2 is 2.12 bits per heavy atom. The molecule has 2 aromatic rings. The van der Waals surface area contributed by atoms with E-state index in [-0.39, 0.29) is 11.8 Å². The van der Waals surface area contributed by atoms with Gasteiger partial charge in [0.2, 0.25) is 5.91 Å². The summed E-state index contributed by atoms with van der Waals surface area (Å²) in [6.07, 6.45) is 2.27. The van der Waals surface area contributed by atoms with Gasteiger partial charge in [-0.05, 0) is 19.1 Å². The number of benzene rings is 1. The quantitative estimate of drug-likeness (QED) is 0.774. The Bertz CT molecular complexity index is 699. The number of rotatable bonds is 7. The number of nitrogens with zero attached hydrogens (tertiary/aromatic N) is 3. The Balaban J connectivity index is 1.60. The van der Waals surface area contributed by atoms with Crippen LogP contribution in [-0.4, -0.2) is 47.0 Å². The molecule has 1 aliphatic rings. The normalized spacial score (nSPS) is 16.6. The largest absolute Gasteiger partial charge is 0.493 e. The standard InChI is InChI=1S/C19H25N3O3/c1-3-24-14-15-12-22(13-18-17(15)11-20-21(18)2)19(23)9-10-25-16-7-5-4-6-8-16/h4-8,11,15H,3,9-10,12-14H2,1-2H3/t15-/m0/s1. The fourth-order valence-electron chi connectivity index (χ4n) is 3.15. The van der Waals surface area contributed by atoms with E-state index in [2.05, 4.69) is 5.10 Å². The first-order valence-electron chi connectivity index (χ1n) is 8.73. The van der Waals surface area contributed by atoms with Gasteiger partial charge in [0, 0.05) is 31.7 Å². The van der Waals surface area contributed by atoms with E-state index >= 15 is 0 Å². The highest BCUT2D eigenvalue weighted by Crippen LogP contribution is 2.28. The number of carbonyl (C=O) groups is 1. The van der Waals surface area contributed by atoms with Gasteiger partial charge in [0.05, 0.1) is 38.1 Å². The summed E-state index contributed by atoms with van der Waals surface area (Å²) in [4.78, 5) is 14.5. The minimum Gasteiger partial charge on any atom is -0.493 e. The summed E-state index contributed by atoms with van der Waals surface area (Å²) in [6, 6.07) is 9.57. The maximum atomic E-state index is 12.6. The van der Waals surface area contributed by atoms with Crippen LogP contribution in [0.3, 0.4) is 0 Å². The summed E-state index contributed by atoms with van der Waals surface area (Å²) in [5.74, 6) is 1.07. The van der Waals surface area contributed by atoms with Crippen LogP contribution >= 0.6 is 0 Å². The van der Waals surface area contributed by atoms with E-state index in [4.69, 9.17) is 9.47 Å². The van der Waals surface area contributed by atoms with Gasteiger partial charge in [0.25, 0.3) is 0 Å². The van der Waals surface area contributed by atoms with Crippen molar-refractivity contribution in [3.05, 3.63) is 47.8 Å². The summed E-state index contributed by atoms with van der Waals surface area (Å²) in [7, 11) is 1.92. The van der Waals surface area contributed by atoms with E-state index in [1.54, 1.807) is 0 Å². The molecule has 1 aromatic carbocycles. The molecule has 1 atom stereocenters. The summed E-state index contributed by atoms with van der Waals surface area (Å²) < 4.78 is 13.1. The second-order valence-electron chi connectivity index (χ2n) is 6.21. The first kappa shape index (κ1) is 17.5. The lowest BCUT2D eigenvalue weighted by Crippen LogP contribution is -2.40. The van der Waals surface area contributed by atoms with Crippen LogP contribution in [0.2, 0.25) is 0 Å². The number of aryl methyl sites for hydroxylation is 1. The molecule has 25 heavy (non-hydrogen) atoms. The highest BCUT2D eigenvalue weighted by molar-refractivity contribution is 5.76. The van der Waals surface area contributed by atoms with Crippen LogP contribution in [-0.2, 0) is 23.1 Å². The van der Waals surface area contributed by atoms with E-state index in [0.717, 1.165) is 11.4 Å². The molecule has 1 amide bonds. The Hall–Kier alpha value is -2.34. The third kappa shape index (κ3) is 4.20. The summed E-state index contributed by atoms with van der Waals surface area (Å²) in [6.45, 7) is 4.91. The summed E-state index contributed by atoms with van der Waals surface area (Å²) in [5.41, 5.74) is 2.29. The first-order valence-corrected chi connectivity index (χ1v) is 8.73. The number of amides is 1. The van der Waals surface area contributed by atoms with Gasteiger partial charge in [0.1, 0.15) is 5.75 Å². The molecule has 1 aliphatic heterocycles. The molecule has 0 saturated heterocycles. The molecule has 0 spiro atoms. The third-order valence-electron chi connectivity index (χ3n) is 4.52. The number of para-hydroxylation sites is 1. The molecular weight excluding hydrogens is 318 g/mol. The van der Waals surface area contributed by atoms with Gasteiger partial charge in [-0.25, -0.2) is 0 Å². The number of hydrogen-bond donors (Lipinski definition) is 0. The fraction of sp³-hybridized carbons (Fsp3) is 0.474. The molecule has 134 valence electrons. The van der Waals surface area contributed by atoms with Crippen molar-refractivity contribution in [3.8, 4) is 5.75 Å². The molecule has 0 saturated carbocycles. The van der Waals surface area contributed by atoms with Crippen LogP contribution in [0.1, 0.15) is 30.5 Å². The van der Waals surface area contributed by atoms with Gasteiger partial charge in [-0.2, -0.15) is 5.10 Å². The van der Waals surface area contributed by atoms with Crippen molar-refractivity contribution in [2.45, 2.75) is 25.8 Å². The van der Waals surface area contributed by atoms with Crippen molar-refractivity contribution >= 4 is 5.91 Å². The van der Waals surface area contributed by atoms with Gasteiger partial charge in [-0.3, -0.25) is 9.48 Å². The summed E-state index contributed by atoms with van der Waals surface area (Å²) >= 11 is 0. The molecule has 0 aliphatic carbocycles. The molecule has 0 fully saturated rings. The molecule has 0 bridgehead atoms. The van der Waals surface area contributed by atoms with Crippen LogP contribution in [0.25, 0.3) is 0 Å². The van der Waals surface area contributed by atoms with Gasteiger partial charge in [-0.15, -0.1) is 0 Å². The van der Waals surface area contributed by atoms with Crippen LogP contribution in [0.4, 0.5) is 0 Å². The Morgan fingerprint density at radius 1 is 1.32 bits per heavy atom. The second-order valence-corrected chi connectivity index (χ2v) is 6.21. The molecule has 0 unspecified atom stereocenters. The zero-order valence-corrected chi connectivity index (χ0v) is 14.9. The lowest BCUT2D eigenvalue weighted by atomic mass is 9.95. The molecule has 1 aromatic heterocycles. The Kier molecular flexibility index (Phi) is 5.71. The first-order chi connectivity index (χ1) is 12.2. The van der Waals surface area contributed by atoms with Crippen LogP contribution in [0, 0.1) is 0 Å². The van der Waals surface area contributed by atoms with Crippen LogP contribution in [0.15, 0.2) is 36.5 Å². The maximum absolute atomic E-state index is 12.6. The van der Waals surface area contributed by atoms with Crippen molar-refractivity contribution in [1.82, 2.24) is 14.7 Å². The monoisotopic (exact) mass is 343 g/mol. The number of ether oxygens (including phenoxy) is 2. The molecule has 0 N–H and O–H groups in total.